The van der Waals surface area contributed by atoms with Crippen molar-refractivity contribution in [2.24, 2.45) is 5.92 Å². The molecule has 0 aliphatic carbocycles. The third kappa shape index (κ3) is 3.57. The molecule has 1 unspecified atom stereocenters. The SMILES string of the molecule is O=C(ONC(=O)C1CSCCC1=O)c1ccccc1. The summed E-state index contributed by atoms with van der Waals surface area (Å²) in [6.07, 6.45) is 0.384. The van der Waals surface area contributed by atoms with Gasteiger partial charge in [-0.3, -0.25) is 9.59 Å². The Morgan fingerprint density at radius 2 is 2.00 bits per heavy atom. The number of carbonyl (C=O) groups is 3. The Balaban J connectivity index is 1.86. The molecule has 1 aliphatic heterocycles. The molecular weight excluding hydrogens is 266 g/mol. The molecular formula is C13H13NO4S. The van der Waals surface area contributed by atoms with Crippen LogP contribution in [-0.2, 0) is 14.4 Å². The van der Waals surface area contributed by atoms with Gasteiger partial charge in [0.05, 0.1) is 5.56 Å². The van der Waals surface area contributed by atoms with Crippen LogP contribution < -0.4 is 5.48 Å². The Morgan fingerprint density at radius 3 is 2.68 bits per heavy atom. The van der Waals surface area contributed by atoms with Gasteiger partial charge in [0.15, 0.2) is 0 Å². The highest BCUT2D eigenvalue weighted by molar-refractivity contribution is 7.99. The normalized spacial score (nSPS) is 18.7. The summed E-state index contributed by atoms with van der Waals surface area (Å²) in [6, 6.07) is 8.32. The van der Waals surface area contributed by atoms with Crippen LogP contribution in [0, 0.1) is 5.92 Å². The van der Waals surface area contributed by atoms with E-state index in [9.17, 15) is 14.4 Å². The van der Waals surface area contributed by atoms with Gasteiger partial charge in [-0.2, -0.15) is 17.2 Å². The molecule has 19 heavy (non-hydrogen) atoms. The topological polar surface area (TPSA) is 72.5 Å². The Hall–Kier alpha value is -1.82. The number of benzene rings is 1. The fraction of sp³-hybridized carbons (Fsp3) is 0.308. The van der Waals surface area contributed by atoms with Gasteiger partial charge in [0.1, 0.15) is 11.7 Å². The van der Waals surface area contributed by atoms with E-state index in [1.165, 1.54) is 0 Å². The minimum absolute atomic E-state index is 0.105. The van der Waals surface area contributed by atoms with Crippen molar-refractivity contribution in [1.82, 2.24) is 5.48 Å². The monoisotopic (exact) mass is 279 g/mol. The summed E-state index contributed by atoms with van der Waals surface area (Å²) >= 11 is 1.54. The second-order valence-corrected chi connectivity index (χ2v) is 5.22. The minimum Gasteiger partial charge on any atom is -0.335 e. The molecule has 1 amide bonds. The van der Waals surface area contributed by atoms with Crippen molar-refractivity contribution in [3.63, 3.8) is 0 Å². The first-order valence-corrected chi connectivity index (χ1v) is 7.00. The lowest BCUT2D eigenvalue weighted by atomic mass is 10.0. The first kappa shape index (κ1) is 13.6. The third-order valence-corrected chi connectivity index (χ3v) is 3.80. The summed E-state index contributed by atoms with van der Waals surface area (Å²) in [5.74, 6) is -0.847. The van der Waals surface area contributed by atoms with Gasteiger partial charge in [0.2, 0.25) is 0 Å². The predicted octanol–water partition coefficient (Wildman–Crippen LogP) is 1.20. The lowest BCUT2D eigenvalue weighted by Crippen LogP contribution is -2.39. The number of amides is 1. The zero-order valence-corrected chi connectivity index (χ0v) is 10.9. The Morgan fingerprint density at radius 1 is 1.26 bits per heavy atom. The number of hydroxylamine groups is 1. The highest BCUT2D eigenvalue weighted by Gasteiger charge is 2.30. The van der Waals surface area contributed by atoms with Gasteiger partial charge < -0.3 is 4.84 Å². The molecule has 1 heterocycles. The average molecular weight is 279 g/mol. The molecule has 1 atom stereocenters. The lowest BCUT2D eigenvalue weighted by Gasteiger charge is -2.18. The van der Waals surface area contributed by atoms with Gasteiger partial charge >= 0.3 is 5.97 Å². The number of hydrogen-bond donors (Lipinski definition) is 1. The van der Waals surface area contributed by atoms with Crippen LogP contribution in [0.4, 0.5) is 0 Å². The summed E-state index contributed by atoms with van der Waals surface area (Å²) in [5.41, 5.74) is 2.40. The summed E-state index contributed by atoms with van der Waals surface area (Å²) in [4.78, 5) is 39.5. The number of hydrogen-bond acceptors (Lipinski definition) is 5. The van der Waals surface area contributed by atoms with Gasteiger partial charge in [-0.05, 0) is 12.1 Å². The van der Waals surface area contributed by atoms with Crippen molar-refractivity contribution in [3.8, 4) is 0 Å². The molecule has 5 nitrogen and oxygen atoms in total. The highest BCUT2D eigenvalue weighted by atomic mass is 32.2. The fourth-order valence-electron chi connectivity index (χ4n) is 1.66. The average Bonchev–Trinajstić information content (AvgIpc) is 2.46. The molecule has 1 fully saturated rings. The van der Waals surface area contributed by atoms with E-state index in [2.05, 4.69) is 5.48 Å². The van der Waals surface area contributed by atoms with E-state index in [-0.39, 0.29) is 5.78 Å². The van der Waals surface area contributed by atoms with Crippen LogP contribution in [-0.4, -0.2) is 29.2 Å². The molecule has 2 rings (SSSR count). The first-order chi connectivity index (χ1) is 9.18. The molecule has 0 bridgehead atoms. The fourth-order valence-corrected chi connectivity index (χ4v) is 2.75. The second kappa shape index (κ2) is 6.38. The van der Waals surface area contributed by atoms with E-state index in [0.29, 0.717) is 17.7 Å². The smallest absolute Gasteiger partial charge is 0.335 e. The third-order valence-electron chi connectivity index (χ3n) is 2.74. The van der Waals surface area contributed by atoms with Gasteiger partial charge in [0.25, 0.3) is 5.91 Å². The summed E-state index contributed by atoms with van der Waals surface area (Å²) < 4.78 is 0. The molecule has 0 radical (unpaired) electrons. The van der Waals surface area contributed by atoms with Crippen LogP contribution >= 0.6 is 11.8 Å². The van der Waals surface area contributed by atoms with E-state index >= 15 is 0 Å². The molecule has 6 heteroatoms. The van der Waals surface area contributed by atoms with Crippen LogP contribution in [0.1, 0.15) is 16.8 Å². The van der Waals surface area contributed by atoms with Gasteiger partial charge in [-0.15, -0.1) is 0 Å². The molecule has 1 N–H and O–H groups in total. The largest absolute Gasteiger partial charge is 0.362 e. The molecule has 1 aromatic rings. The summed E-state index contributed by atoms with van der Waals surface area (Å²) in [5, 5.41) is 0. The predicted molar refractivity (Wildman–Crippen MR) is 70.4 cm³/mol. The zero-order chi connectivity index (χ0) is 13.7. The van der Waals surface area contributed by atoms with Gasteiger partial charge in [0, 0.05) is 17.9 Å². The summed E-state index contributed by atoms with van der Waals surface area (Å²) in [7, 11) is 0. The maximum absolute atomic E-state index is 11.7. The lowest BCUT2D eigenvalue weighted by molar-refractivity contribution is -0.139. The Bertz CT molecular complexity index is 489. The van der Waals surface area contributed by atoms with E-state index in [4.69, 9.17) is 4.84 Å². The van der Waals surface area contributed by atoms with Crippen LogP contribution in [0.15, 0.2) is 30.3 Å². The number of thioether (sulfide) groups is 1. The Kier molecular flexibility index (Phi) is 4.57. The Labute approximate surface area is 114 Å². The molecule has 0 saturated carbocycles. The van der Waals surface area contributed by atoms with Crippen molar-refractivity contribution < 1.29 is 19.2 Å². The minimum atomic E-state index is -0.720. The standard InChI is InChI=1S/C13H13NO4S/c15-11-6-7-19-8-10(11)12(16)14-18-13(17)9-4-2-1-3-5-9/h1-5,10H,6-8H2,(H,14,16). The van der Waals surface area contributed by atoms with E-state index in [1.54, 1.807) is 42.1 Å². The van der Waals surface area contributed by atoms with Crippen molar-refractivity contribution in [3.05, 3.63) is 35.9 Å². The quantitative estimate of drug-likeness (QED) is 0.650. The summed E-state index contributed by atoms with van der Waals surface area (Å²) in [6.45, 7) is 0. The van der Waals surface area contributed by atoms with Crippen molar-refractivity contribution in [1.29, 1.82) is 0 Å². The van der Waals surface area contributed by atoms with E-state index in [1.807, 2.05) is 0 Å². The van der Waals surface area contributed by atoms with Crippen LogP contribution in [0.5, 0.6) is 0 Å². The van der Waals surface area contributed by atoms with Gasteiger partial charge in [-0.1, -0.05) is 18.2 Å². The molecule has 1 aromatic carbocycles. The van der Waals surface area contributed by atoms with E-state index in [0.717, 1.165) is 5.75 Å². The van der Waals surface area contributed by atoms with Crippen LogP contribution in [0.25, 0.3) is 0 Å². The highest BCUT2D eigenvalue weighted by Crippen LogP contribution is 2.19. The second-order valence-electron chi connectivity index (χ2n) is 4.07. The number of carbonyl (C=O) groups excluding carboxylic acids is 3. The number of nitrogens with one attached hydrogen (secondary N) is 1. The number of ketones is 1. The molecule has 1 aliphatic rings. The maximum atomic E-state index is 11.7. The van der Waals surface area contributed by atoms with Crippen LogP contribution in [0.3, 0.4) is 0 Å². The number of rotatable bonds is 2. The zero-order valence-electron chi connectivity index (χ0n) is 10.1. The van der Waals surface area contributed by atoms with Crippen molar-refractivity contribution in [2.75, 3.05) is 11.5 Å². The van der Waals surface area contributed by atoms with Crippen LogP contribution in [0.2, 0.25) is 0 Å². The molecule has 0 spiro atoms. The molecule has 0 aromatic heterocycles. The molecule has 1 saturated heterocycles. The number of Topliss-reactive ketones (excluding diaryl/α,β-unsaturated/α-hetero) is 1. The first-order valence-electron chi connectivity index (χ1n) is 5.85. The van der Waals surface area contributed by atoms with E-state index < -0.39 is 17.8 Å². The van der Waals surface area contributed by atoms with Crippen molar-refractivity contribution >= 4 is 29.4 Å². The van der Waals surface area contributed by atoms with Gasteiger partial charge in [-0.25, -0.2) is 4.79 Å². The molecule has 100 valence electrons. The van der Waals surface area contributed by atoms with Crippen molar-refractivity contribution in [2.45, 2.75) is 6.42 Å². The maximum Gasteiger partial charge on any atom is 0.362 e.